The van der Waals surface area contributed by atoms with Gasteiger partial charge >= 0.3 is 5.97 Å². The fourth-order valence-electron chi connectivity index (χ4n) is 4.02. The molecule has 0 saturated carbocycles. The molecular weight excluding hydrogens is 382 g/mol. The quantitative estimate of drug-likeness (QED) is 0.558. The van der Waals surface area contributed by atoms with Crippen molar-refractivity contribution in [3.05, 3.63) is 69.7 Å². The third-order valence-corrected chi connectivity index (χ3v) is 6.56. The van der Waals surface area contributed by atoms with Gasteiger partial charge in [0, 0.05) is 16.9 Å². The zero-order chi connectivity index (χ0) is 20.4. The summed E-state index contributed by atoms with van der Waals surface area (Å²) in [4.78, 5) is 17.1. The summed E-state index contributed by atoms with van der Waals surface area (Å²) >= 11 is 1.73. The van der Waals surface area contributed by atoms with E-state index in [-0.39, 0.29) is 12.3 Å². The van der Waals surface area contributed by atoms with Gasteiger partial charge in [0.05, 0.1) is 18.7 Å². The molecule has 4 rings (SSSR count). The van der Waals surface area contributed by atoms with Gasteiger partial charge in [0.1, 0.15) is 10.8 Å². The average molecular weight is 408 g/mol. The summed E-state index contributed by atoms with van der Waals surface area (Å²) in [7, 11) is 0. The van der Waals surface area contributed by atoms with Crippen LogP contribution in [0.4, 0.5) is 0 Å². The molecule has 2 aromatic carbocycles. The summed E-state index contributed by atoms with van der Waals surface area (Å²) in [6.45, 7) is 4.79. The van der Waals surface area contributed by atoms with Crippen LogP contribution in [0.25, 0.3) is 10.6 Å². The first-order valence-electron chi connectivity index (χ1n) is 10.0. The molecule has 3 aromatic rings. The Balaban J connectivity index is 1.38. The third-order valence-electron chi connectivity index (χ3n) is 5.50. The number of benzene rings is 2. The summed E-state index contributed by atoms with van der Waals surface area (Å²) in [5.41, 5.74) is 5.88. The molecule has 4 nitrogen and oxygen atoms in total. The molecule has 1 aliphatic carbocycles. The number of thiazole rings is 1. The lowest BCUT2D eigenvalue weighted by Gasteiger charge is -2.10. The number of ether oxygens (including phenoxy) is 1. The van der Waals surface area contributed by atoms with Crippen LogP contribution in [0.5, 0.6) is 5.75 Å². The van der Waals surface area contributed by atoms with Crippen molar-refractivity contribution >= 4 is 17.3 Å². The maximum atomic E-state index is 11.0. The first-order valence-corrected chi connectivity index (χ1v) is 10.8. The molecule has 1 unspecified atom stereocenters. The second-order valence-electron chi connectivity index (χ2n) is 7.68. The lowest BCUT2D eigenvalue weighted by Crippen LogP contribution is -2.04. The normalized spacial score (nSPS) is 15.3. The fraction of sp³-hybridized carbons (Fsp3) is 0.333. The highest BCUT2D eigenvalue weighted by atomic mass is 32.1. The van der Waals surface area contributed by atoms with Gasteiger partial charge < -0.3 is 9.84 Å². The van der Waals surface area contributed by atoms with Gasteiger partial charge in [-0.15, -0.1) is 11.3 Å². The second-order valence-corrected chi connectivity index (χ2v) is 8.89. The maximum absolute atomic E-state index is 11.0. The number of aromatic nitrogens is 1. The Morgan fingerprint density at radius 2 is 2.10 bits per heavy atom. The minimum atomic E-state index is -0.730. The number of hydrogen-bond donors (Lipinski definition) is 1. The van der Waals surface area contributed by atoms with Gasteiger partial charge in [0.2, 0.25) is 0 Å². The van der Waals surface area contributed by atoms with Gasteiger partial charge in [-0.25, -0.2) is 4.98 Å². The standard InChI is InChI=1S/C24H25NO3S/c1-15-4-3-5-19(12-15)24-25-22(16(2)29-24)10-11-28-20-8-9-21-17(13-20)6-7-18(21)14-23(26)27/h3-5,8-9,12-13,18H,6-7,10-11,14H2,1-2H3,(H,26,27). The molecule has 0 amide bonds. The van der Waals surface area contributed by atoms with Crippen LogP contribution in [0, 0.1) is 13.8 Å². The van der Waals surface area contributed by atoms with Gasteiger partial charge in [0.25, 0.3) is 0 Å². The topological polar surface area (TPSA) is 59.4 Å². The van der Waals surface area contributed by atoms with Gasteiger partial charge in [-0.3, -0.25) is 4.79 Å². The number of aryl methyl sites for hydroxylation is 3. The van der Waals surface area contributed by atoms with E-state index in [2.05, 4.69) is 44.2 Å². The first-order chi connectivity index (χ1) is 14.0. The van der Waals surface area contributed by atoms with Crippen LogP contribution in [0.1, 0.15) is 46.0 Å². The Morgan fingerprint density at radius 3 is 2.90 bits per heavy atom. The van der Waals surface area contributed by atoms with Crippen LogP contribution in [-0.2, 0) is 17.6 Å². The number of rotatable bonds is 7. The number of fused-ring (bicyclic) bond motifs is 1. The van der Waals surface area contributed by atoms with Gasteiger partial charge in [0.15, 0.2) is 0 Å². The molecule has 1 N–H and O–H groups in total. The molecule has 0 bridgehead atoms. The zero-order valence-electron chi connectivity index (χ0n) is 16.8. The van der Waals surface area contributed by atoms with E-state index in [4.69, 9.17) is 14.8 Å². The van der Waals surface area contributed by atoms with Crippen molar-refractivity contribution < 1.29 is 14.6 Å². The van der Waals surface area contributed by atoms with Crippen molar-refractivity contribution in [2.75, 3.05) is 6.61 Å². The maximum Gasteiger partial charge on any atom is 0.303 e. The monoisotopic (exact) mass is 407 g/mol. The van der Waals surface area contributed by atoms with Crippen LogP contribution >= 0.6 is 11.3 Å². The van der Waals surface area contributed by atoms with E-state index in [1.807, 2.05) is 12.1 Å². The highest BCUT2D eigenvalue weighted by Crippen LogP contribution is 2.37. The highest BCUT2D eigenvalue weighted by Gasteiger charge is 2.24. The molecule has 0 saturated heterocycles. The molecule has 1 aromatic heterocycles. The van der Waals surface area contributed by atoms with Crippen molar-refractivity contribution in [1.29, 1.82) is 0 Å². The van der Waals surface area contributed by atoms with Crippen LogP contribution < -0.4 is 4.74 Å². The Kier molecular flexibility index (Phi) is 5.67. The van der Waals surface area contributed by atoms with E-state index >= 15 is 0 Å². The van der Waals surface area contributed by atoms with Gasteiger partial charge in [-0.1, -0.05) is 29.8 Å². The van der Waals surface area contributed by atoms with Crippen molar-refractivity contribution in [3.63, 3.8) is 0 Å². The highest BCUT2D eigenvalue weighted by molar-refractivity contribution is 7.15. The molecule has 0 fully saturated rings. The van der Waals surface area contributed by atoms with Crippen molar-refractivity contribution in [2.24, 2.45) is 0 Å². The molecule has 1 heterocycles. The molecular formula is C24H25NO3S. The molecule has 150 valence electrons. The molecule has 0 aliphatic heterocycles. The minimum Gasteiger partial charge on any atom is -0.493 e. The van der Waals surface area contributed by atoms with E-state index in [1.54, 1.807) is 11.3 Å². The molecule has 0 radical (unpaired) electrons. The summed E-state index contributed by atoms with van der Waals surface area (Å²) in [6.07, 6.45) is 2.81. The van der Waals surface area contributed by atoms with Crippen LogP contribution in [-0.4, -0.2) is 22.7 Å². The molecule has 5 heteroatoms. The smallest absolute Gasteiger partial charge is 0.303 e. The predicted molar refractivity (Wildman–Crippen MR) is 116 cm³/mol. The lowest BCUT2D eigenvalue weighted by atomic mass is 9.98. The predicted octanol–water partition coefficient (Wildman–Crippen LogP) is 5.55. The van der Waals surface area contributed by atoms with Crippen molar-refractivity contribution in [1.82, 2.24) is 4.98 Å². The number of nitrogens with zero attached hydrogens (tertiary/aromatic N) is 1. The largest absolute Gasteiger partial charge is 0.493 e. The lowest BCUT2D eigenvalue weighted by molar-refractivity contribution is -0.137. The number of carboxylic acids is 1. The molecule has 1 atom stereocenters. The minimum absolute atomic E-state index is 0.134. The van der Waals surface area contributed by atoms with E-state index in [0.717, 1.165) is 41.3 Å². The van der Waals surface area contributed by atoms with Crippen molar-refractivity contribution in [2.45, 2.75) is 45.4 Å². The summed E-state index contributed by atoms with van der Waals surface area (Å²) in [5, 5.41) is 10.1. The second kappa shape index (κ2) is 8.37. The van der Waals surface area contributed by atoms with E-state index in [1.165, 1.54) is 21.6 Å². The van der Waals surface area contributed by atoms with Gasteiger partial charge in [-0.2, -0.15) is 0 Å². The Bertz CT molecular complexity index is 1040. The fourth-order valence-corrected chi connectivity index (χ4v) is 4.98. The Labute approximate surface area is 175 Å². The number of hydrogen-bond acceptors (Lipinski definition) is 4. The molecule has 0 spiro atoms. The average Bonchev–Trinajstić information content (AvgIpc) is 3.25. The summed E-state index contributed by atoms with van der Waals surface area (Å²) in [5.74, 6) is 0.257. The Morgan fingerprint density at radius 1 is 1.24 bits per heavy atom. The van der Waals surface area contributed by atoms with E-state index in [9.17, 15) is 4.79 Å². The Hall–Kier alpha value is -2.66. The number of carboxylic acid groups (broad SMARTS) is 1. The van der Waals surface area contributed by atoms with E-state index in [0.29, 0.717) is 6.61 Å². The van der Waals surface area contributed by atoms with Crippen LogP contribution in [0.2, 0.25) is 0 Å². The van der Waals surface area contributed by atoms with Crippen molar-refractivity contribution in [3.8, 4) is 16.3 Å². The summed E-state index contributed by atoms with van der Waals surface area (Å²) < 4.78 is 5.99. The first kappa shape index (κ1) is 19.6. The van der Waals surface area contributed by atoms with Gasteiger partial charge in [-0.05, 0) is 61.9 Å². The number of aliphatic carboxylic acids is 1. The SMILES string of the molecule is Cc1cccc(-c2nc(CCOc3ccc4c(c3)CCC4CC(=O)O)c(C)s2)c1. The van der Waals surface area contributed by atoms with Crippen LogP contribution in [0.15, 0.2) is 42.5 Å². The molecule has 29 heavy (non-hydrogen) atoms. The number of carbonyl (C=O) groups is 1. The summed E-state index contributed by atoms with van der Waals surface area (Å²) in [6, 6.07) is 14.5. The van der Waals surface area contributed by atoms with E-state index < -0.39 is 5.97 Å². The third kappa shape index (κ3) is 4.51. The zero-order valence-corrected chi connectivity index (χ0v) is 17.6. The van der Waals surface area contributed by atoms with Crippen LogP contribution in [0.3, 0.4) is 0 Å². The molecule has 1 aliphatic rings.